The number of amides is 1. The van der Waals surface area contributed by atoms with Crippen LogP contribution in [0.4, 0.5) is 0 Å². The van der Waals surface area contributed by atoms with Gasteiger partial charge in [-0.1, -0.05) is 45.6 Å². The lowest BCUT2D eigenvalue weighted by molar-refractivity contribution is 0.0948. The Morgan fingerprint density at radius 1 is 1.22 bits per heavy atom. The van der Waals surface area contributed by atoms with E-state index in [4.69, 9.17) is 0 Å². The third kappa shape index (κ3) is 6.38. The number of carbonyl (C=O) groups is 1. The molecular formula is C15H24N2O. The minimum absolute atomic E-state index is 0.0715. The fourth-order valence-electron chi connectivity index (χ4n) is 1.82. The van der Waals surface area contributed by atoms with Gasteiger partial charge >= 0.3 is 0 Å². The van der Waals surface area contributed by atoms with Crippen LogP contribution in [0.15, 0.2) is 24.4 Å². The summed E-state index contributed by atoms with van der Waals surface area (Å²) < 4.78 is 0. The third-order valence-electron chi connectivity index (χ3n) is 2.89. The minimum Gasteiger partial charge on any atom is -0.351 e. The summed E-state index contributed by atoms with van der Waals surface area (Å²) in [6.07, 6.45) is 7.75. The first kappa shape index (κ1) is 14.7. The molecule has 0 aromatic carbocycles. The molecule has 0 saturated carbocycles. The van der Waals surface area contributed by atoms with Gasteiger partial charge in [-0.05, 0) is 24.5 Å². The number of nitrogens with one attached hydrogen (secondary N) is 1. The molecule has 0 aliphatic carbocycles. The molecule has 1 rings (SSSR count). The molecule has 0 unspecified atom stereocenters. The van der Waals surface area contributed by atoms with Gasteiger partial charge in [-0.3, -0.25) is 9.78 Å². The maximum Gasteiger partial charge on any atom is 0.269 e. The molecule has 1 heterocycles. The van der Waals surface area contributed by atoms with Crippen LogP contribution in [0.3, 0.4) is 0 Å². The second kappa shape index (κ2) is 8.67. The number of pyridine rings is 1. The lowest BCUT2D eigenvalue weighted by Crippen LogP contribution is -2.25. The van der Waals surface area contributed by atoms with E-state index in [9.17, 15) is 4.79 Å². The van der Waals surface area contributed by atoms with Gasteiger partial charge in [0.05, 0.1) is 0 Å². The van der Waals surface area contributed by atoms with Gasteiger partial charge in [0.25, 0.3) is 5.91 Å². The average molecular weight is 248 g/mol. The van der Waals surface area contributed by atoms with E-state index >= 15 is 0 Å². The highest BCUT2D eigenvalue weighted by molar-refractivity contribution is 5.92. The summed E-state index contributed by atoms with van der Waals surface area (Å²) in [5.74, 6) is 0.728. The molecule has 1 aromatic heterocycles. The molecule has 0 fully saturated rings. The number of unbranched alkanes of at least 4 members (excludes halogenated alkanes) is 3. The Balaban J connectivity index is 2.03. The Morgan fingerprint density at radius 3 is 2.67 bits per heavy atom. The number of carbonyl (C=O) groups excluding carboxylic acids is 1. The van der Waals surface area contributed by atoms with Crippen LogP contribution in [0.2, 0.25) is 0 Å². The van der Waals surface area contributed by atoms with Crippen molar-refractivity contribution in [3.63, 3.8) is 0 Å². The minimum atomic E-state index is -0.0715. The summed E-state index contributed by atoms with van der Waals surface area (Å²) in [5.41, 5.74) is 0.498. The lowest BCUT2D eigenvalue weighted by atomic mass is 10.0. The van der Waals surface area contributed by atoms with Crippen molar-refractivity contribution in [2.75, 3.05) is 6.54 Å². The zero-order valence-electron chi connectivity index (χ0n) is 11.5. The van der Waals surface area contributed by atoms with Crippen molar-refractivity contribution in [1.82, 2.24) is 10.3 Å². The number of nitrogens with zero attached hydrogens (tertiary/aromatic N) is 1. The Labute approximate surface area is 110 Å². The van der Waals surface area contributed by atoms with Gasteiger partial charge in [0.1, 0.15) is 5.69 Å². The van der Waals surface area contributed by atoms with Crippen molar-refractivity contribution in [2.45, 2.75) is 46.0 Å². The summed E-state index contributed by atoms with van der Waals surface area (Å²) in [6.45, 7) is 5.26. The highest BCUT2D eigenvalue weighted by Gasteiger charge is 2.04. The smallest absolute Gasteiger partial charge is 0.269 e. The normalized spacial score (nSPS) is 10.6. The molecule has 100 valence electrons. The molecule has 0 bridgehead atoms. The second-order valence-electron chi connectivity index (χ2n) is 5.07. The molecule has 0 aliphatic heterocycles. The van der Waals surface area contributed by atoms with E-state index in [1.54, 1.807) is 12.3 Å². The Hall–Kier alpha value is -1.38. The average Bonchev–Trinajstić information content (AvgIpc) is 2.38. The second-order valence-corrected chi connectivity index (χ2v) is 5.07. The van der Waals surface area contributed by atoms with E-state index in [2.05, 4.69) is 24.1 Å². The van der Waals surface area contributed by atoms with Gasteiger partial charge < -0.3 is 5.32 Å². The lowest BCUT2D eigenvalue weighted by Gasteiger charge is -2.05. The number of aromatic nitrogens is 1. The van der Waals surface area contributed by atoms with Gasteiger partial charge in [0.2, 0.25) is 0 Å². The van der Waals surface area contributed by atoms with Crippen molar-refractivity contribution in [2.24, 2.45) is 5.92 Å². The van der Waals surface area contributed by atoms with Gasteiger partial charge in [-0.25, -0.2) is 0 Å². The fraction of sp³-hybridized carbons (Fsp3) is 0.600. The molecule has 1 amide bonds. The van der Waals surface area contributed by atoms with E-state index in [0.29, 0.717) is 5.69 Å². The zero-order chi connectivity index (χ0) is 13.2. The molecule has 3 nitrogen and oxygen atoms in total. The molecule has 1 N–H and O–H groups in total. The van der Waals surface area contributed by atoms with E-state index in [-0.39, 0.29) is 5.91 Å². The van der Waals surface area contributed by atoms with Gasteiger partial charge in [-0.15, -0.1) is 0 Å². The quantitative estimate of drug-likeness (QED) is 0.716. The predicted molar refractivity (Wildman–Crippen MR) is 74.5 cm³/mol. The van der Waals surface area contributed by atoms with E-state index in [1.165, 1.54) is 25.7 Å². The van der Waals surface area contributed by atoms with Crippen LogP contribution in [0.5, 0.6) is 0 Å². The van der Waals surface area contributed by atoms with Crippen LogP contribution in [-0.4, -0.2) is 17.4 Å². The van der Waals surface area contributed by atoms with E-state index in [0.717, 1.165) is 18.9 Å². The van der Waals surface area contributed by atoms with Crippen LogP contribution in [0.1, 0.15) is 56.4 Å². The van der Waals surface area contributed by atoms with Crippen LogP contribution < -0.4 is 5.32 Å². The van der Waals surface area contributed by atoms with E-state index in [1.807, 2.05) is 12.1 Å². The van der Waals surface area contributed by atoms with Gasteiger partial charge in [0, 0.05) is 12.7 Å². The van der Waals surface area contributed by atoms with Crippen molar-refractivity contribution in [3.05, 3.63) is 30.1 Å². The van der Waals surface area contributed by atoms with Crippen LogP contribution in [0.25, 0.3) is 0 Å². The number of hydrogen-bond acceptors (Lipinski definition) is 2. The largest absolute Gasteiger partial charge is 0.351 e. The molecular weight excluding hydrogens is 224 g/mol. The topological polar surface area (TPSA) is 42.0 Å². The zero-order valence-corrected chi connectivity index (χ0v) is 11.5. The summed E-state index contributed by atoms with van der Waals surface area (Å²) in [4.78, 5) is 15.7. The monoisotopic (exact) mass is 248 g/mol. The first-order valence-corrected chi connectivity index (χ1v) is 6.89. The maximum atomic E-state index is 11.6. The van der Waals surface area contributed by atoms with Gasteiger partial charge in [-0.2, -0.15) is 0 Å². The fourth-order valence-corrected chi connectivity index (χ4v) is 1.82. The third-order valence-corrected chi connectivity index (χ3v) is 2.89. The summed E-state index contributed by atoms with van der Waals surface area (Å²) in [5, 5.41) is 2.90. The molecule has 1 aromatic rings. The summed E-state index contributed by atoms with van der Waals surface area (Å²) in [6, 6.07) is 5.37. The van der Waals surface area contributed by atoms with Crippen molar-refractivity contribution in [1.29, 1.82) is 0 Å². The van der Waals surface area contributed by atoms with Crippen LogP contribution in [-0.2, 0) is 0 Å². The molecule has 18 heavy (non-hydrogen) atoms. The molecule has 0 saturated heterocycles. The Kier molecular flexibility index (Phi) is 7.07. The first-order valence-electron chi connectivity index (χ1n) is 6.89. The highest BCUT2D eigenvalue weighted by atomic mass is 16.1. The summed E-state index contributed by atoms with van der Waals surface area (Å²) in [7, 11) is 0. The first-order chi connectivity index (χ1) is 8.70. The summed E-state index contributed by atoms with van der Waals surface area (Å²) >= 11 is 0. The van der Waals surface area contributed by atoms with Crippen LogP contribution >= 0.6 is 0 Å². The van der Waals surface area contributed by atoms with Crippen molar-refractivity contribution < 1.29 is 4.79 Å². The highest BCUT2D eigenvalue weighted by Crippen LogP contribution is 2.08. The predicted octanol–water partition coefficient (Wildman–Crippen LogP) is 3.42. The van der Waals surface area contributed by atoms with Crippen molar-refractivity contribution in [3.8, 4) is 0 Å². The van der Waals surface area contributed by atoms with E-state index < -0.39 is 0 Å². The Bertz CT molecular complexity index is 336. The maximum absolute atomic E-state index is 11.6. The molecule has 0 spiro atoms. The molecule has 0 aliphatic rings. The standard InChI is InChI=1S/C15H24N2O/c1-13(2)9-5-3-4-7-12-17-15(18)14-10-6-8-11-16-14/h6,8,10-11,13H,3-5,7,9,12H2,1-2H3,(H,17,18). The number of hydrogen-bond donors (Lipinski definition) is 1. The van der Waals surface area contributed by atoms with Crippen molar-refractivity contribution >= 4 is 5.91 Å². The molecule has 0 atom stereocenters. The molecule has 3 heteroatoms. The Morgan fingerprint density at radius 2 is 2.00 bits per heavy atom. The molecule has 0 radical (unpaired) electrons. The van der Waals surface area contributed by atoms with Crippen LogP contribution in [0, 0.1) is 5.92 Å². The SMILES string of the molecule is CC(C)CCCCCCNC(=O)c1ccccn1. The number of rotatable bonds is 8. The van der Waals surface area contributed by atoms with Gasteiger partial charge in [0.15, 0.2) is 0 Å².